The van der Waals surface area contributed by atoms with E-state index >= 15 is 0 Å². The fourth-order valence-electron chi connectivity index (χ4n) is 2.09. The summed E-state index contributed by atoms with van der Waals surface area (Å²) in [4.78, 5) is 15.4. The fourth-order valence-corrected chi connectivity index (χ4v) is 2.30. The fraction of sp³-hybridized carbons (Fsp3) is 0. The molecule has 0 saturated heterocycles. The van der Waals surface area contributed by atoms with E-state index in [0.717, 1.165) is 11.1 Å². The number of aromatic nitrogens is 1. The van der Waals surface area contributed by atoms with Gasteiger partial charge < -0.3 is 4.98 Å². The number of hydrogen-bond acceptors (Lipinski definition) is 1. The highest BCUT2D eigenvalue weighted by atomic mass is 35.5. The van der Waals surface area contributed by atoms with Crippen molar-refractivity contribution in [2.24, 2.45) is 0 Å². The minimum atomic E-state index is -0.145. The second-order valence-electron chi connectivity index (χ2n) is 4.47. The molecule has 3 heteroatoms. The van der Waals surface area contributed by atoms with E-state index in [-0.39, 0.29) is 10.5 Å². The third kappa shape index (κ3) is 2.38. The first-order valence-electron chi connectivity index (χ1n) is 6.29. The zero-order chi connectivity index (χ0) is 13.9. The van der Waals surface area contributed by atoms with Gasteiger partial charge in [-0.25, -0.2) is 0 Å². The van der Waals surface area contributed by atoms with Crippen LogP contribution in [0.3, 0.4) is 0 Å². The third-order valence-corrected chi connectivity index (χ3v) is 3.49. The highest BCUT2D eigenvalue weighted by Gasteiger charge is 2.07. The van der Waals surface area contributed by atoms with Gasteiger partial charge in [0.1, 0.15) is 5.02 Å². The summed E-state index contributed by atoms with van der Waals surface area (Å²) in [7, 11) is 0. The quantitative estimate of drug-likeness (QED) is 0.744. The first kappa shape index (κ1) is 12.7. The molecule has 0 bridgehead atoms. The molecule has 1 N–H and O–H groups in total. The lowest BCUT2D eigenvalue weighted by Crippen LogP contribution is -2.05. The molecule has 0 atom stereocenters. The molecule has 0 aliphatic heterocycles. The van der Waals surface area contributed by atoms with E-state index in [4.69, 9.17) is 11.6 Å². The maximum absolute atomic E-state index is 12.2. The molecule has 0 saturated carbocycles. The number of pyridine rings is 1. The number of para-hydroxylation sites is 1. The van der Waals surface area contributed by atoms with E-state index in [1.807, 2.05) is 60.7 Å². The summed E-state index contributed by atoms with van der Waals surface area (Å²) in [5.74, 6) is 0. The number of aromatic amines is 1. The van der Waals surface area contributed by atoms with Crippen molar-refractivity contribution < 1.29 is 0 Å². The Balaban J connectivity index is 2.11. The van der Waals surface area contributed by atoms with Gasteiger partial charge in [-0.1, -0.05) is 60.1 Å². The van der Waals surface area contributed by atoms with E-state index in [1.165, 1.54) is 0 Å². The van der Waals surface area contributed by atoms with E-state index in [0.29, 0.717) is 11.1 Å². The zero-order valence-electron chi connectivity index (χ0n) is 10.6. The molecule has 3 aromatic rings. The average Bonchev–Trinajstić information content (AvgIpc) is 2.50. The van der Waals surface area contributed by atoms with Crippen LogP contribution in [-0.4, -0.2) is 4.98 Å². The van der Waals surface area contributed by atoms with Crippen LogP contribution in [0.2, 0.25) is 5.02 Å². The molecule has 3 rings (SSSR count). The van der Waals surface area contributed by atoms with E-state index < -0.39 is 0 Å². The van der Waals surface area contributed by atoms with Gasteiger partial charge in [-0.3, -0.25) is 4.79 Å². The number of fused-ring (bicyclic) bond motifs is 1. The first-order chi connectivity index (χ1) is 9.75. The van der Waals surface area contributed by atoms with Crippen molar-refractivity contribution >= 4 is 34.7 Å². The summed E-state index contributed by atoms with van der Waals surface area (Å²) < 4.78 is 0. The molecule has 0 amide bonds. The second kappa shape index (κ2) is 5.35. The van der Waals surface area contributed by atoms with Crippen LogP contribution in [-0.2, 0) is 0 Å². The summed E-state index contributed by atoms with van der Waals surface area (Å²) in [6.45, 7) is 0. The van der Waals surface area contributed by atoms with E-state index in [2.05, 4.69) is 4.98 Å². The summed E-state index contributed by atoms with van der Waals surface area (Å²) in [6, 6.07) is 17.2. The standard InChI is InChI=1S/C17H12ClNO/c18-16-15(11-10-12-6-2-1-3-7-12)19-14-9-5-4-8-13(14)17(16)20/h1-11H,(H,19,20)/b11-10+. The smallest absolute Gasteiger partial charge is 0.208 e. The Morgan fingerprint density at radius 2 is 1.60 bits per heavy atom. The van der Waals surface area contributed by atoms with Crippen molar-refractivity contribution in [3.8, 4) is 0 Å². The zero-order valence-corrected chi connectivity index (χ0v) is 11.4. The van der Waals surface area contributed by atoms with Crippen LogP contribution in [0.1, 0.15) is 11.3 Å². The summed E-state index contributed by atoms with van der Waals surface area (Å²) in [6.07, 6.45) is 3.75. The van der Waals surface area contributed by atoms with Crippen LogP contribution < -0.4 is 5.43 Å². The van der Waals surface area contributed by atoms with Crippen LogP contribution in [0.4, 0.5) is 0 Å². The van der Waals surface area contributed by atoms with Gasteiger partial charge in [0.2, 0.25) is 5.43 Å². The number of H-pyrrole nitrogens is 1. The molecule has 2 aromatic carbocycles. The molecule has 0 spiro atoms. The van der Waals surface area contributed by atoms with Crippen LogP contribution in [0.15, 0.2) is 59.4 Å². The molecular weight excluding hydrogens is 270 g/mol. The molecule has 0 aliphatic carbocycles. The van der Waals surface area contributed by atoms with Crippen molar-refractivity contribution in [2.45, 2.75) is 0 Å². The third-order valence-electron chi connectivity index (χ3n) is 3.12. The predicted octanol–water partition coefficient (Wildman–Crippen LogP) is 4.35. The van der Waals surface area contributed by atoms with Gasteiger partial charge in [-0.15, -0.1) is 0 Å². The van der Waals surface area contributed by atoms with Gasteiger partial charge in [0.25, 0.3) is 0 Å². The maximum Gasteiger partial charge on any atom is 0.208 e. The Labute approximate surface area is 121 Å². The SMILES string of the molecule is O=c1c(Cl)c(/C=C/c2ccccc2)[nH]c2ccccc12. The van der Waals surface area contributed by atoms with Crippen molar-refractivity contribution in [1.82, 2.24) is 4.98 Å². The largest absolute Gasteiger partial charge is 0.354 e. The van der Waals surface area contributed by atoms with Crippen LogP contribution in [0, 0.1) is 0 Å². The molecule has 2 nitrogen and oxygen atoms in total. The summed E-state index contributed by atoms with van der Waals surface area (Å²) in [5, 5.41) is 0.824. The molecule has 1 heterocycles. The number of rotatable bonds is 2. The molecule has 0 aliphatic rings. The lowest BCUT2D eigenvalue weighted by Gasteiger charge is -2.03. The Hall–Kier alpha value is -2.32. The lowest BCUT2D eigenvalue weighted by atomic mass is 10.1. The van der Waals surface area contributed by atoms with Gasteiger partial charge >= 0.3 is 0 Å². The number of halogens is 1. The molecule has 0 fully saturated rings. The maximum atomic E-state index is 12.2. The Morgan fingerprint density at radius 1 is 0.900 bits per heavy atom. The Kier molecular flexibility index (Phi) is 3.40. The molecule has 98 valence electrons. The molecule has 0 unspecified atom stereocenters. The van der Waals surface area contributed by atoms with Crippen molar-refractivity contribution in [3.63, 3.8) is 0 Å². The molecule has 20 heavy (non-hydrogen) atoms. The minimum Gasteiger partial charge on any atom is -0.354 e. The summed E-state index contributed by atoms with van der Waals surface area (Å²) >= 11 is 6.14. The minimum absolute atomic E-state index is 0.145. The molecular formula is C17H12ClNO. The Bertz CT molecular complexity index is 834. The highest BCUT2D eigenvalue weighted by molar-refractivity contribution is 6.32. The van der Waals surface area contributed by atoms with Crippen molar-refractivity contribution in [1.29, 1.82) is 0 Å². The first-order valence-corrected chi connectivity index (χ1v) is 6.67. The van der Waals surface area contributed by atoms with Crippen molar-refractivity contribution in [2.75, 3.05) is 0 Å². The van der Waals surface area contributed by atoms with Gasteiger partial charge in [0, 0.05) is 10.9 Å². The van der Waals surface area contributed by atoms with Crippen LogP contribution in [0.25, 0.3) is 23.1 Å². The highest BCUT2D eigenvalue weighted by Crippen LogP contribution is 2.17. The van der Waals surface area contributed by atoms with Gasteiger partial charge in [0.05, 0.1) is 5.69 Å². The molecule has 1 aromatic heterocycles. The average molecular weight is 282 g/mol. The topological polar surface area (TPSA) is 32.9 Å². The molecule has 0 radical (unpaired) electrons. The number of benzene rings is 2. The normalized spacial score (nSPS) is 11.2. The van der Waals surface area contributed by atoms with E-state index in [1.54, 1.807) is 6.07 Å². The van der Waals surface area contributed by atoms with E-state index in [9.17, 15) is 4.79 Å². The van der Waals surface area contributed by atoms with Gasteiger partial charge in [-0.2, -0.15) is 0 Å². The lowest BCUT2D eigenvalue weighted by molar-refractivity contribution is 1.35. The number of nitrogens with one attached hydrogen (secondary N) is 1. The summed E-state index contributed by atoms with van der Waals surface area (Å²) in [5.41, 5.74) is 2.32. The second-order valence-corrected chi connectivity index (χ2v) is 4.85. The van der Waals surface area contributed by atoms with Gasteiger partial charge in [0.15, 0.2) is 0 Å². The van der Waals surface area contributed by atoms with Crippen LogP contribution in [0.5, 0.6) is 0 Å². The number of hydrogen-bond donors (Lipinski definition) is 1. The van der Waals surface area contributed by atoms with Crippen LogP contribution >= 0.6 is 11.6 Å². The van der Waals surface area contributed by atoms with Crippen molar-refractivity contribution in [3.05, 3.63) is 81.1 Å². The monoisotopic (exact) mass is 281 g/mol. The Morgan fingerprint density at radius 3 is 2.40 bits per heavy atom. The van der Waals surface area contributed by atoms with Gasteiger partial charge in [-0.05, 0) is 23.8 Å². The predicted molar refractivity (Wildman–Crippen MR) is 84.9 cm³/mol.